The lowest BCUT2D eigenvalue weighted by Crippen LogP contribution is -1.97. The van der Waals surface area contributed by atoms with E-state index in [2.05, 4.69) is 0 Å². The van der Waals surface area contributed by atoms with Crippen LogP contribution in [0.25, 0.3) is 0 Å². The summed E-state index contributed by atoms with van der Waals surface area (Å²) in [6, 6.07) is 2.02. The summed E-state index contributed by atoms with van der Waals surface area (Å²) < 4.78 is 0. The fourth-order valence-corrected chi connectivity index (χ4v) is 0.852. The van der Waals surface area contributed by atoms with Gasteiger partial charge in [-0.1, -0.05) is 24.4 Å². The predicted molar refractivity (Wildman–Crippen MR) is 40.1 cm³/mol. The summed E-state index contributed by atoms with van der Waals surface area (Å²) in [6.45, 7) is 0. The van der Waals surface area contributed by atoms with Crippen LogP contribution >= 0.6 is 12.2 Å². The molecule has 0 radical (unpaired) electrons. The minimum atomic E-state index is 0.632. The Kier molecular flexibility index (Phi) is 1.76. The molecule has 0 saturated heterocycles. The number of thiocarbonyl (C=S) groups is 1. The Morgan fingerprint density at radius 2 is 2.44 bits per heavy atom. The molecule has 0 amide bonds. The van der Waals surface area contributed by atoms with E-state index < -0.39 is 0 Å². The Hall–Kier alpha value is -0.940. The molecule has 0 aromatic carbocycles. The molecule has 44 valence electrons. The van der Waals surface area contributed by atoms with E-state index in [1.807, 2.05) is 18.2 Å². The molecule has 0 saturated carbocycles. The molecular formula is C7H5NS. The standard InChI is InChI=1S/C7H5NS/c8-5-6-3-1-2-4-7(6)9/h1-3H,4H2. The van der Waals surface area contributed by atoms with E-state index in [4.69, 9.17) is 17.5 Å². The van der Waals surface area contributed by atoms with Gasteiger partial charge in [0.1, 0.15) is 6.07 Å². The molecule has 2 heteroatoms. The fraction of sp³-hybridized carbons (Fsp3) is 0.143. The highest BCUT2D eigenvalue weighted by Gasteiger charge is 2.02. The molecule has 0 fully saturated rings. The van der Waals surface area contributed by atoms with Crippen molar-refractivity contribution >= 4 is 17.1 Å². The Morgan fingerprint density at radius 3 is 2.89 bits per heavy atom. The van der Waals surface area contributed by atoms with E-state index in [1.54, 1.807) is 6.08 Å². The van der Waals surface area contributed by atoms with Crippen molar-refractivity contribution in [3.05, 3.63) is 23.8 Å². The largest absolute Gasteiger partial charge is 0.192 e. The van der Waals surface area contributed by atoms with Gasteiger partial charge in [0.05, 0.1) is 5.57 Å². The lowest BCUT2D eigenvalue weighted by atomic mass is 10.1. The first-order valence-corrected chi connectivity index (χ1v) is 3.05. The van der Waals surface area contributed by atoms with Crippen molar-refractivity contribution in [2.75, 3.05) is 0 Å². The molecule has 1 aliphatic rings. The fourth-order valence-electron chi connectivity index (χ4n) is 0.642. The quantitative estimate of drug-likeness (QED) is 0.472. The molecule has 0 aromatic heterocycles. The first-order valence-electron chi connectivity index (χ1n) is 2.64. The maximum absolute atomic E-state index is 8.42. The van der Waals surface area contributed by atoms with Gasteiger partial charge in [-0.05, 0) is 6.08 Å². The predicted octanol–water partition coefficient (Wildman–Crippen LogP) is 1.77. The van der Waals surface area contributed by atoms with Crippen LogP contribution in [0.2, 0.25) is 0 Å². The minimum Gasteiger partial charge on any atom is -0.192 e. The molecule has 1 rings (SSSR count). The highest BCUT2D eigenvalue weighted by atomic mass is 32.1. The molecule has 1 aliphatic carbocycles. The van der Waals surface area contributed by atoms with Gasteiger partial charge in [0, 0.05) is 11.3 Å². The number of rotatable bonds is 0. The van der Waals surface area contributed by atoms with Gasteiger partial charge in [-0.25, -0.2) is 0 Å². The molecule has 0 N–H and O–H groups in total. The average molecular weight is 135 g/mol. The molecule has 0 aromatic rings. The molecule has 0 aliphatic heterocycles. The van der Waals surface area contributed by atoms with Crippen LogP contribution in [0.3, 0.4) is 0 Å². The van der Waals surface area contributed by atoms with Crippen LogP contribution in [0.4, 0.5) is 0 Å². The third kappa shape index (κ3) is 1.24. The monoisotopic (exact) mass is 135 g/mol. The zero-order valence-electron chi connectivity index (χ0n) is 4.79. The van der Waals surface area contributed by atoms with E-state index in [1.165, 1.54) is 0 Å². The molecule has 0 atom stereocenters. The van der Waals surface area contributed by atoms with Crippen LogP contribution in [-0.2, 0) is 0 Å². The lowest BCUT2D eigenvalue weighted by Gasteiger charge is -1.99. The molecule has 9 heavy (non-hydrogen) atoms. The first-order chi connectivity index (χ1) is 4.34. The molecule has 0 unspecified atom stereocenters. The first kappa shape index (κ1) is 6.18. The molecule has 0 heterocycles. The van der Waals surface area contributed by atoms with Crippen LogP contribution < -0.4 is 0 Å². The van der Waals surface area contributed by atoms with Gasteiger partial charge in [-0.3, -0.25) is 0 Å². The normalized spacial score (nSPS) is 16.8. The molecule has 0 spiro atoms. The van der Waals surface area contributed by atoms with Crippen LogP contribution in [-0.4, -0.2) is 4.86 Å². The van der Waals surface area contributed by atoms with Gasteiger partial charge in [-0.15, -0.1) is 0 Å². The zero-order chi connectivity index (χ0) is 6.69. The van der Waals surface area contributed by atoms with E-state index in [9.17, 15) is 0 Å². The second-order valence-corrected chi connectivity index (χ2v) is 2.24. The third-order valence-corrected chi connectivity index (χ3v) is 1.51. The van der Waals surface area contributed by atoms with Crippen LogP contribution in [0.15, 0.2) is 23.8 Å². The van der Waals surface area contributed by atoms with Crippen molar-refractivity contribution < 1.29 is 0 Å². The second-order valence-electron chi connectivity index (χ2n) is 1.75. The highest BCUT2D eigenvalue weighted by Crippen LogP contribution is 2.07. The number of allylic oxidation sites excluding steroid dienone is 4. The summed E-state index contributed by atoms with van der Waals surface area (Å²) in [4.78, 5) is 0.750. The number of nitrogens with zero attached hydrogens (tertiary/aromatic N) is 1. The summed E-state index contributed by atoms with van der Waals surface area (Å²) in [5.41, 5.74) is 0.632. The van der Waals surface area contributed by atoms with Crippen molar-refractivity contribution in [1.29, 1.82) is 5.26 Å². The maximum Gasteiger partial charge on any atom is 0.100 e. The van der Waals surface area contributed by atoms with Crippen LogP contribution in [0, 0.1) is 11.3 Å². The molecular weight excluding hydrogens is 130 g/mol. The van der Waals surface area contributed by atoms with Crippen LogP contribution in [0.1, 0.15) is 6.42 Å². The lowest BCUT2D eigenvalue weighted by molar-refractivity contribution is 1.44. The van der Waals surface area contributed by atoms with Gasteiger partial charge < -0.3 is 0 Å². The smallest absolute Gasteiger partial charge is 0.100 e. The summed E-state index contributed by atoms with van der Waals surface area (Å²) in [7, 11) is 0. The molecule has 0 bridgehead atoms. The van der Waals surface area contributed by atoms with Gasteiger partial charge >= 0.3 is 0 Å². The van der Waals surface area contributed by atoms with Crippen molar-refractivity contribution in [2.45, 2.75) is 6.42 Å². The van der Waals surface area contributed by atoms with Gasteiger partial charge in [0.15, 0.2) is 0 Å². The Balaban J connectivity index is 2.91. The summed E-state index contributed by atoms with van der Waals surface area (Å²) in [5.74, 6) is 0. The second kappa shape index (κ2) is 2.56. The van der Waals surface area contributed by atoms with Crippen LogP contribution in [0.5, 0.6) is 0 Å². The van der Waals surface area contributed by atoms with Crippen molar-refractivity contribution in [3.8, 4) is 6.07 Å². The Labute approximate surface area is 59.3 Å². The van der Waals surface area contributed by atoms with Gasteiger partial charge in [0.25, 0.3) is 0 Å². The number of nitriles is 1. The highest BCUT2D eigenvalue weighted by molar-refractivity contribution is 7.80. The molecule has 1 nitrogen and oxygen atoms in total. The van der Waals surface area contributed by atoms with E-state index >= 15 is 0 Å². The van der Waals surface area contributed by atoms with E-state index in [0.29, 0.717) is 5.57 Å². The van der Waals surface area contributed by atoms with E-state index in [0.717, 1.165) is 11.3 Å². The summed E-state index contributed by atoms with van der Waals surface area (Å²) in [6.07, 6.45) is 6.29. The maximum atomic E-state index is 8.42. The van der Waals surface area contributed by atoms with Crippen molar-refractivity contribution in [1.82, 2.24) is 0 Å². The topological polar surface area (TPSA) is 23.8 Å². The Morgan fingerprint density at radius 1 is 1.67 bits per heavy atom. The average Bonchev–Trinajstić information content (AvgIpc) is 1.89. The van der Waals surface area contributed by atoms with Gasteiger partial charge in [-0.2, -0.15) is 5.26 Å². The minimum absolute atomic E-state index is 0.632. The Bertz CT molecular complexity index is 230. The van der Waals surface area contributed by atoms with Gasteiger partial charge in [0.2, 0.25) is 0 Å². The summed E-state index contributed by atoms with van der Waals surface area (Å²) in [5, 5.41) is 8.42. The number of hydrogen-bond donors (Lipinski definition) is 0. The zero-order valence-corrected chi connectivity index (χ0v) is 5.61. The summed E-state index contributed by atoms with van der Waals surface area (Å²) >= 11 is 4.88. The number of hydrogen-bond acceptors (Lipinski definition) is 2. The third-order valence-electron chi connectivity index (χ3n) is 1.12. The van der Waals surface area contributed by atoms with E-state index in [-0.39, 0.29) is 0 Å². The SMILES string of the molecule is N#CC1=CC=CCC1=S. The van der Waals surface area contributed by atoms with Crippen molar-refractivity contribution in [2.24, 2.45) is 0 Å². The van der Waals surface area contributed by atoms with Crippen molar-refractivity contribution in [3.63, 3.8) is 0 Å².